The third-order valence-electron chi connectivity index (χ3n) is 5.72. The Morgan fingerprint density at radius 2 is 1.77 bits per heavy atom. The predicted octanol–water partition coefficient (Wildman–Crippen LogP) is 4.04. The molecule has 0 radical (unpaired) electrons. The van der Waals surface area contributed by atoms with Crippen LogP contribution in [-0.4, -0.2) is 57.3 Å². The van der Waals surface area contributed by atoms with Gasteiger partial charge in [-0.15, -0.1) is 16.9 Å². The number of tetrazole rings is 1. The fourth-order valence-electron chi connectivity index (χ4n) is 3.95. The maximum absolute atomic E-state index is 13.2. The van der Waals surface area contributed by atoms with E-state index in [4.69, 9.17) is 4.74 Å². The molecule has 1 aliphatic rings. The van der Waals surface area contributed by atoms with Gasteiger partial charge in [0.25, 0.3) is 5.91 Å². The van der Waals surface area contributed by atoms with Crippen molar-refractivity contribution < 1.29 is 9.53 Å². The normalized spacial score (nSPS) is 14.1. The molecule has 0 aliphatic carbocycles. The molecule has 1 saturated heterocycles. The molecule has 1 amide bonds. The predicted molar refractivity (Wildman–Crippen MR) is 136 cm³/mol. The van der Waals surface area contributed by atoms with Gasteiger partial charge in [0, 0.05) is 30.2 Å². The van der Waals surface area contributed by atoms with Crippen LogP contribution in [0.25, 0.3) is 5.69 Å². The summed E-state index contributed by atoms with van der Waals surface area (Å²) in [6.45, 7) is 4.23. The van der Waals surface area contributed by atoms with E-state index in [1.54, 1.807) is 4.68 Å². The molecule has 2 heterocycles. The van der Waals surface area contributed by atoms with Crippen LogP contribution in [0.1, 0.15) is 21.7 Å². The lowest BCUT2D eigenvalue weighted by atomic mass is 10.1. The van der Waals surface area contributed by atoms with Crippen LogP contribution in [0.2, 0.25) is 0 Å². The Kier molecular flexibility index (Phi) is 7.47. The van der Waals surface area contributed by atoms with Gasteiger partial charge >= 0.3 is 0 Å². The van der Waals surface area contributed by atoms with Crippen molar-refractivity contribution in [1.82, 2.24) is 25.1 Å². The average Bonchev–Trinajstić information content (AvgIpc) is 3.38. The van der Waals surface area contributed by atoms with Crippen molar-refractivity contribution in [2.24, 2.45) is 0 Å². The van der Waals surface area contributed by atoms with E-state index >= 15 is 0 Å². The third kappa shape index (κ3) is 5.94. The van der Waals surface area contributed by atoms with Crippen molar-refractivity contribution in [2.45, 2.75) is 17.2 Å². The molecule has 0 saturated carbocycles. The van der Waals surface area contributed by atoms with E-state index < -0.39 is 0 Å². The van der Waals surface area contributed by atoms with E-state index in [2.05, 4.69) is 31.8 Å². The summed E-state index contributed by atoms with van der Waals surface area (Å²) in [5.41, 5.74) is 3.47. The van der Waals surface area contributed by atoms with Gasteiger partial charge in [0.1, 0.15) is 0 Å². The lowest BCUT2D eigenvalue weighted by Crippen LogP contribution is -2.35. The summed E-state index contributed by atoms with van der Waals surface area (Å²) in [5, 5.41) is 15.2. The number of benzene rings is 3. The zero-order valence-electron chi connectivity index (χ0n) is 19.2. The van der Waals surface area contributed by atoms with Gasteiger partial charge in [0.2, 0.25) is 0 Å². The smallest absolute Gasteiger partial charge is 0.256 e. The number of aromatic nitrogens is 4. The molecule has 178 valence electrons. The van der Waals surface area contributed by atoms with Crippen LogP contribution in [0.3, 0.4) is 0 Å². The summed E-state index contributed by atoms with van der Waals surface area (Å²) < 4.78 is 7.15. The number of hydrogen-bond donors (Lipinski definition) is 1. The minimum Gasteiger partial charge on any atom is -0.379 e. The summed E-state index contributed by atoms with van der Waals surface area (Å²) in [6, 6.07) is 25.4. The number of anilines is 1. The number of carbonyl (C=O) groups excluding carboxylic acids is 1. The molecule has 35 heavy (non-hydrogen) atoms. The van der Waals surface area contributed by atoms with Crippen LogP contribution < -0.4 is 5.32 Å². The van der Waals surface area contributed by atoms with Crippen molar-refractivity contribution in [1.29, 1.82) is 0 Å². The number of thioether (sulfide) groups is 1. The maximum Gasteiger partial charge on any atom is 0.256 e. The Hall–Kier alpha value is -3.53. The third-order valence-corrected chi connectivity index (χ3v) is 6.79. The lowest BCUT2D eigenvalue weighted by Gasteiger charge is -2.26. The van der Waals surface area contributed by atoms with Crippen LogP contribution in [-0.2, 0) is 17.0 Å². The van der Waals surface area contributed by atoms with Gasteiger partial charge in [-0.05, 0) is 52.4 Å². The second-order valence-electron chi connectivity index (χ2n) is 8.17. The maximum atomic E-state index is 13.2. The second kappa shape index (κ2) is 11.3. The number of para-hydroxylation sites is 1. The number of ether oxygens (including phenoxy) is 1. The SMILES string of the molecule is O=C(Nc1cccc(CN2CCOCC2)c1)c1ccccc1SCc1nnnn1-c1ccccc1. The minimum atomic E-state index is -0.140. The highest BCUT2D eigenvalue weighted by Gasteiger charge is 2.15. The summed E-state index contributed by atoms with van der Waals surface area (Å²) in [5.74, 6) is 1.10. The van der Waals surface area contributed by atoms with Crippen LogP contribution in [0.4, 0.5) is 5.69 Å². The molecule has 8 nitrogen and oxygen atoms in total. The van der Waals surface area contributed by atoms with E-state index in [0.717, 1.165) is 49.1 Å². The lowest BCUT2D eigenvalue weighted by molar-refractivity contribution is 0.0342. The van der Waals surface area contributed by atoms with Gasteiger partial charge in [-0.1, -0.05) is 42.5 Å². The first-order valence-corrected chi connectivity index (χ1v) is 12.5. The Bertz CT molecular complexity index is 1270. The molecule has 1 aromatic heterocycles. The first kappa shape index (κ1) is 23.2. The van der Waals surface area contributed by atoms with Crippen molar-refractivity contribution in [3.05, 3.63) is 95.8 Å². The van der Waals surface area contributed by atoms with E-state index in [-0.39, 0.29) is 5.91 Å². The van der Waals surface area contributed by atoms with Gasteiger partial charge in [-0.3, -0.25) is 9.69 Å². The van der Waals surface area contributed by atoms with E-state index in [1.165, 1.54) is 17.3 Å². The van der Waals surface area contributed by atoms with Crippen molar-refractivity contribution in [3.63, 3.8) is 0 Å². The van der Waals surface area contributed by atoms with E-state index in [0.29, 0.717) is 17.1 Å². The van der Waals surface area contributed by atoms with Gasteiger partial charge in [-0.2, -0.15) is 4.68 Å². The number of amides is 1. The number of carbonyl (C=O) groups is 1. The standard InChI is InChI=1S/C26H26N6O2S/c33-26(27-21-8-6-7-20(17-21)18-31-13-15-34-16-14-31)23-11-4-5-12-24(23)35-19-25-28-29-30-32(25)22-9-2-1-3-10-22/h1-12,17H,13-16,18-19H2,(H,27,33). The molecule has 3 aromatic carbocycles. The van der Waals surface area contributed by atoms with Gasteiger partial charge < -0.3 is 10.1 Å². The average molecular weight is 487 g/mol. The Labute approximate surface area is 208 Å². The molecule has 0 bridgehead atoms. The van der Waals surface area contributed by atoms with Gasteiger partial charge in [0.05, 0.1) is 30.2 Å². The van der Waals surface area contributed by atoms with Crippen molar-refractivity contribution in [2.75, 3.05) is 31.6 Å². The molecule has 5 rings (SSSR count). The van der Waals surface area contributed by atoms with Crippen molar-refractivity contribution in [3.8, 4) is 5.69 Å². The molecule has 0 spiro atoms. The first-order valence-electron chi connectivity index (χ1n) is 11.5. The molecule has 1 N–H and O–H groups in total. The minimum absolute atomic E-state index is 0.140. The summed E-state index contributed by atoms with van der Waals surface area (Å²) in [6.07, 6.45) is 0. The zero-order chi connectivity index (χ0) is 23.9. The van der Waals surface area contributed by atoms with Crippen LogP contribution in [0.15, 0.2) is 83.8 Å². The molecule has 0 atom stereocenters. The number of morpholine rings is 1. The molecule has 1 fully saturated rings. The number of rotatable bonds is 8. The second-order valence-corrected chi connectivity index (χ2v) is 9.19. The fraction of sp³-hybridized carbons (Fsp3) is 0.231. The molecular formula is C26H26N6O2S. The molecule has 9 heteroatoms. The Morgan fingerprint density at radius 1 is 0.971 bits per heavy atom. The van der Waals surface area contributed by atoms with Crippen LogP contribution in [0, 0.1) is 0 Å². The molecule has 1 aliphatic heterocycles. The highest BCUT2D eigenvalue weighted by atomic mass is 32.2. The molecule has 4 aromatic rings. The van der Waals surface area contributed by atoms with Crippen LogP contribution >= 0.6 is 11.8 Å². The topological polar surface area (TPSA) is 85.2 Å². The highest BCUT2D eigenvalue weighted by Crippen LogP contribution is 2.27. The number of hydrogen-bond acceptors (Lipinski definition) is 7. The Balaban J connectivity index is 1.26. The largest absolute Gasteiger partial charge is 0.379 e. The van der Waals surface area contributed by atoms with E-state index in [9.17, 15) is 4.79 Å². The fourth-order valence-corrected chi connectivity index (χ4v) is 4.91. The summed E-state index contributed by atoms with van der Waals surface area (Å²) in [7, 11) is 0. The quantitative estimate of drug-likeness (QED) is 0.376. The van der Waals surface area contributed by atoms with Crippen LogP contribution in [0.5, 0.6) is 0 Å². The highest BCUT2D eigenvalue weighted by molar-refractivity contribution is 7.98. The zero-order valence-corrected chi connectivity index (χ0v) is 20.0. The van der Waals surface area contributed by atoms with Gasteiger partial charge in [0.15, 0.2) is 5.82 Å². The molecule has 0 unspecified atom stereocenters. The summed E-state index contributed by atoms with van der Waals surface area (Å²) >= 11 is 1.54. The number of nitrogens with zero attached hydrogens (tertiary/aromatic N) is 5. The van der Waals surface area contributed by atoms with Crippen molar-refractivity contribution >= 4 is 23.4 Å². The number of nitrogens with one attached hydrogen (secondary N) is 1. The first-order chi connectivity index (χ1) is 17.3. The molecular weight excluding hydrogens is 460 g/mol. The monoisotopic (exact) mass is 486 g/mol. The van der Waals surface area contributed by atoms with E-state index in [1.807, 2.05) is 72.8 Å². The van der Waals surface area contributed by atoms with Gasteiger partial charge in [-0.25, -0.2) is 0 Å². The Morgan fingerprint density at radius 3 is 2.63 bits per heavy atom. The summed E-state index contributed by atoms with van der Waals surface area (Å²) in [4.78, 5) is 16.4.